The fourth-order valence-electron chi connectivity index (χ4n) is 1.24. The van der Waals surface area contributed by atoms with Crippen LogP contribution in [0, 0.1) is 0 Å². The molecule has 0 aliphatic rings. The molecule has 1 heterocycles. The van der Waals surface area contributed by atoms with E-state index < -0.39 is 5.97 Å². The van der Waals surface area contributed by atoms with Crippen LogP contribution >= 0.6 is 28.3 Å². The molecule has 0 amide bonds. The van der Waals surface area contributed by atoms with Gasteiger partial charge in [-0.2, -0.15) is 4.57 Å². The normalized spacial score (nSPS) is 9.07. The van der Waals surface area contributed by atoms with Gasteiger partial charge in [-0.25, -0.2) is 4.79 Å². The van der Waals surface area contributed by atoms with Gasteiger partial charge in [0, 0.05) is 6.07 Å². The summed E-state index contributed by atoms with van der Waals surface area (Å²) >= 11 is 1.56. The standard InChI is InChI=1S/C9H7NO2S.2BrH/c11-9(12)5-10-6-13-8-4-2-1-3-7(8)10;;/h1-4,6H,5H2;2*1H. The second kappa shape index (κ2) is 6.19. The monoisotopic (exact) mass is 353 g/mol. The van der Waals surface area contributed by atoms with Gasteiger partial charge in [-0.05, 0) is 6.07 Å². The summed E-state index contributed by atoms with van der Waals surface area (Å²) in [7, 11) is 0. The predicted octanol–water partition coefficient (Wildman–Crippen LogP) is -1.14. The van der Waals surface area contributed by atoms with E-state index in [1.165, 1.54) is 0 Å². The zero-order valence-corrected chi connectivity index (χ0v) is 11.7. The smallest absolute Gasteiger partial charge is 0.370 e. The average molecular weight is 355 g/mol. The molecule has 1 aromatic heterocycles. The highest BCUT2D eigenvalue weighted by Gasteiger charge is 2.13. The summed E-state index contributed by atoms with van der Waals surface area (Å²) in [6.07, 6.45) is 0. The fraction of sp³-hybridized carbons (Fsp3) is 0.111. The maximum absolute atomic E-state index is 10.5. The van der Waals surface area contributed by atoms with Gasteiger partial charge in [-0.3, -0.25) is 0 Å². The van der Waals surface area contributed by atoms with E-state index in [4.69, 9.17) is 5.11 Å². The quantitative estimate of drug-likeness (QED) is 0.692. The Morgan fingerprint density at radius 3 is 2.73 bits per heavy atom. The Hall–Kier alpha value is -0.460. The molecule has 0 atom stereocenters. The maximum Gasteiger partial charge on any atom is 0.370 e. The molecule has 1 aromatic carbocycles. The first-order valence-corrected chi connectivity index (χ1v) is 4.73. The summed E-state index contributed by atoms with van der Waals surface area (Å²) in [6, 6.07) is 7.77. The summed E-state index contributed by atoms with van der Waals surface area (Å²) in [6.45, 7) is 0.0318. The van der Waals surface area contributed by atoms with Crippen molar-refractivity contribution >= 4 is 44.5 Å². The van der Waals surface area contributed by atoms with Gasteiger partial charge in [-0.15, -0.1) is 17.0 Å². The summed E-state index contributed by atoms with van der Waals surface area (Å²) in [5.41, 5.74) is 2.81. The Labute approximate surface area is 112 Å². The van der Waals surface area contributed by atoms with Crippen LogP contribution in [0.5, 0.6) is 0 Å². The molecule has 0 fully saturated rings. The SMILES string of the molecule is Br.O=C(O)C[n+]1csc2ccccc21.[Br-]. The number of carbonyl (C=O) groups is 1. The summed E-state index contributed by atoms with van der Waals surface area (Å²) in [5.74, 6) is -0.812. The molecule has 0 unspecified atom stereocenters. The number of hydrogen-bond acceptors (Lipinski definition) is 2. The molecule has 0 bridgehead atoms. The highest BCUT2D eigenvalue weighted by Crippen LogP contribution is 2.14. The second-order valence-corrected chi connectivity index (χ2v) is 3.60. The number of aliphatic carboxylic acids is 1. The van der Waals surface area contributed by atoms with Crippen molar-refractivity contribution in [3.63, 3.8) is 0 Å². The minimum atomic E-state index is -0.812. The van der Waals surface area contributed by atoms with Crippen LogP contribution in [0.4, 0.5) is 0 Å². The molecule has 2 rings (SSSR count). The van der Waals surface area contributed by atoms with Crippen molar-refractivity contribution in [2.45, 2.75) is 6.54 Å². The Morgan fingerprint density at radius 1 is 1.40 bits per heavy atom. The third-order valence-corrected chi connectivity index (χ3v) is 2.75. The van der Waals surface area contributed by atoms with E-state index >= 15 is 0 Å². The molecule has 0 saturated heterocycles. The van der Waals surface area contributed by atoms with Gasteiger partial charge in [-0.1, -0.05) is 23.5 Å². The van der Waals surface area contributed by atoms with Gasteiger partial charge >= 0.3 is 5.97 Å². The highest BCUT2D eigenvalue weighted by atomic mass is 79.9. The van der Waals surface area contributed by atoms with E-state index in [2.05, 4.69) is 0 Å². The van der Waals surface area contributed by atoms with Gasteiger partial charge in [0.2, 0.25) is 17.6 Å². The largest absolute Gasteiger partial charge is 1.00 e. The topological polar surface area (TPSA) is 41.2 Å². The van der Waals surface area contributed by atoms with Gasteiger partial charge in [0.25, 0.3) is 0 Å². The summed E-state index contributed by atoms with van der Waals surface area (Å²) in [5, 5.41) is 8.63. The number of rotatable bonds is 2. The molecule has 2 aromatic rings. The van der Waals surface area contributed by atoms with Crippen LogP contribution in [0.2, 0.25) is 0 Å². The van der Waals surface area contributed by atoms with E-state index in [-0.39, 0.29) is 40.5 Å². The van der Waals surface area contributed by atoms with Crippen LogP contribution in [0.15, 0.2) is 29.8 Å². The van der Waals surface area contributed by atoms with E-state index in [0.717, 1.165) is 10.2 Å². The number of carboxylic acid groups (broad SMARTS) is 1. The Kier molecular flexibility index (Phi) is 6.00. The predicted molar refractivity (Wildman–Crippen MR) is 60.0 cm³/mol. The average Bonchev–Trinajstić information content (AvgIpc) is 2.48. The summed E-state index contributed by atoms with van der Waals surface area (Å²) in [4.78, 5) is 10.5. The highest BCUT2D eigenvalue weighted by molar-refractivity contribution is 8.93. The first kappa shape index (κ1) is 14.5. The van der Waals surface area contributed by atoms with Gasteiger partial charge in [0.05, 0.1) is 0 Å². The van der Waals surface area contributed by atoms with E-state index in [9.17, 15) is 4.79 Å². The van der Waals surface area contributed by atoms with Crippen molar-refractivity contribution in [1.29, 1.82) is 0 Å². The number of nitrogens with zero attached hydrogens (tertiary/aromatic N) is 1. The first-order valence-electron chi connectivity index (χ1n) is 3.85. The van der Waals surface area contributed by atoms with Crippen LogP contribution in [0.3, 0.4) is 0 Å². The van der Waals surface area contributed by atoms with Crippen LogP contribution < -0.4 is 21.5 Å². The van der Waals surface area contributed by atoms with Crippen LogP contribution in [-0.4, -0.2) is 11.1 Å². The summed E-state index contributed by atoms with van der Waals surface area (Å²) < 4.78 is 2.85. The van der Waals surface area contributed by atoms with E-state index in [0.29, 0.717) is 0 Å². The number of benzene rings is 1. The second-order valence-electron chi connectivity index (χ2n) is 2.71. The molecular weight excluding hydrogens is 346 g/mol. The first-order chi connectivity index (χ1) is 6.27. The van der Waals surface area contributed by atoms with Gasteiger partial charge < -0.3 is 22.1 Å². The number of aromatic nitrogens is 1. The van der Waals surface area contributed by atoms with Crippen molar-refractivity contribution in [2.75, 3.05) is 0 Å². The molecule has 0 aliphatic carbocycles. The molecule has 15 heavy (non-hydrogen) atoms. The third kappa shape index (κ3) is 3.25. The lowest BCUT2D eigenvalue weighted by Gasteiger charge is -1.87. The number of carboxylic acids is 1. The molecule has 1 N–H and O–H groups in total. The van der Waals surface area contributed by atoms with E-state index in [1.54, 1.807) is 15.9 Å². The number of halogens is 2. The Bertz CT molecular complexity index is 458. The minimum absolute atomic E-state index is 0. The van der Waals surface area contributed by atoms with Gasteiger partial charge in [0.15, 0.2) is 0 Å². The number of hydrogen-bond donors (Lipinski definition) is 1. The molecule has 82 valence electrons. The van der Waals surface area contributed by atoms with Crippen molar-refractivity contribution in [2.24, 2.45) is 0 Å². The lowest BCUT2D eigenvalue weighted by molar-refractivity contribution is -0.655. The molecular formula is C9H9Br2NO2S. The lowest BCUT2D eigenvalue weighted by atomic mass is 10.3. The van der Waals surface area contributed by atoms with Crippen LogP contribution in [-0.2, 0) is 11.3 Å². The molecule has 3 nitrogen and oxygen atoms in total. The van der Waals surface area contributed by atoms with Crippen LogP contribution in [0.1, 0.15) is 0 Å². The number of thiazole rings is 1. The molecule has 0 spiro atoms. The molecule has 0 aliphatic heterocycles. The van der Waals surface area contributed by atoms with Crippen molar-refractivity contribution in [3.8, 4) is 0 Å². The lowest BCUT2D eigenvalue weighted by Crippen LogP contribution is -3.00. The maximum atomic E-state index is 10.5. The Morgan fingerprint density at radius 2 is 2.07 bits per heavy atom. The molecule has 6 heteroatoms. The molecule has 0 radical (unpaired) electrons. The Balaban J connectivity index is 0.000000980. The third-order valence-electron chi connectivity index (χ3n) is 1.79. The fourth-order valence-corrected chi connectivity index (χ4v) is 2.13. The van der Waals surface area contributed by atoms with Crippen LogP contribution in [0.25, 0.3) is 10.2 Å². The number of fused-ring (bicyclic) bond motifs is 1. The van der Waals surface area contributed by atoms with E-state index in [1.807, 2.05) is 29.8 Å². The van der Waals surface area contributed by atoms with Gasteiger partial charge in [0.1, 0.15) is 4.70 Å². The zero-order valence-electron chi connectivity index (χ0n) is 7.59. The van der Waals surface area contributed by atoms with Crippen molar-refractivity contribution in [3.05, 3.63) is 29.8 Å². The van der Waals surface area contributed by atoms with Crippen molar-refractivity contribution < 1.29 is 31.4 Å². The molecule has 0 saturated carbocycles. The number of para-hydroxylation sites is 1. The van der Waals surface area contributed by atoms with Crippen molar-refractivity contribution in [1.82, 2.24) is 0 Å². The zero-order chi connectivity index (χ0) is 9.26. The minimum Gasteiger partial charge on any atom is -1.00 e.